The van der Waals surface area contributed by atoms with Gasteiger partial charge in [0.1, 0.15) is 0 Å². The minimum atomic E-state index is -0.309. The molecular formula is C15H23ClN2O. The zero-order chi connectivity index (χ0) is 13.7. The van der Waals surface area contributed by atoms with Gasteiger partial charge in [-0.1, -0.05) is 30.7 Å². The summed E-state index contributed by atoms with van der Waals surface area (Å²) in [4.78, 5) is 2.40. The Balaban J connectivity index is 2.35. The number of aliphatic hydroxyl groups is 1. The molecule has 1 aromatic rings. The van der Waals surface area contributed by atoms with E-state index >= 15 is 0 Å². The molecule has 0 spiro atoms. The molecule has 0 aliphatic carbocycles. The number of hydrogen-bond acceptors (Lipinski definition) is 3. The highest BCUT2D eigenvalue weighted by Gasteiger charge is 2.36. The van der Waals surface area contributed by atoms with Gasteiger partial charge in [-0.15, -0.1) is 0 Å². The molecular weight excluding hydrogens is 260 g/mol. The molecule has 2 N–H and O–H groups in total. The molecule has 1 aliphatic heterocycles. The van der Waals surface area contributed by atoms with E-state index in [9.17, 15) is 5.11 Å². The number of nitrogens with one attached hydrogen (secondary N) is 1. The first-order chi connectivity index (χ1) is 9.23. The molecule has 106 valence electrons. The van der Waals surface area contributed by atoms with Gasteiger partial charge in [0.05, 0.1) is 12.1 Å². The predicted molar refractivity (Wildman–Crippen MR) is 79.6 cm³/mol. The lowest BCUT2D eigenvalue weighted by Crippen LogP contribution is -2.50. The van der Waals surface area contributed by atoms with Crippen LogP contribution < -0.4 is 5.32 Å². The molecule has 0 bridgehead atoms. The van der Waals surface area contributed by atoms with Crippen molar-refractivity contribution in [2.75, 3.05) is 32.8 Å². The summed E-state index contributed by atoms with van der Waals surface area (Å²) in [5.74, 6) is 0. The molecule has 3 nitrogen and oxygen atoms in total. The molecule has 4 heteroatoms. The minimum Gasteiger partial charge on any atom is -0.394 e. The number of benzene rings is 1. The molecule has 1 saturated heterocycles. The van der Waals surface area contributed by atoms with Gasteiger partial charge in [-0.25, -0.2) is 0 Å². The van der Waals surface area contributed by atoms with E-state index in [1.807, 2.05) is 18.2 Å². The molecule has 0 amide bonds. The van der Waals surface area contributed by atoms with Gasteiger partial charge in [0.2, 0.25) is 0 Å². The Kier molecular flexibility index (Phi) is 5.22. The summed E-state index contributed by atoms with van der Waals surface area (Å²) in [6, 6.07) is 7.91. The summed E-state index contributed by atoms with van der Waals surface area (Å²) in [6.45, 7) is 6.26. The number of hydrogen-bond donors (Lipinski definition) is 2. The lowest BCUT2D eigenvalue weighted by molar-refractivity contribution is 0.0268. The van der Waals surface area contributed by atoms with Crippen LogP contribution in [0.15, 0.2) is 24.3 Å². The molecule has 2 rings (SSSR count). The van der Waals surface area contributed by atoms with E-state index in [1.54, 1.807) is 0 Å². The quantitative estimate of drug-likeness (QED) is 0.889. The van der Waals surface area contributed by atoms with Gasteiger partial charge in [0.15, 0.2) is 0 Å². The Morgan fingerprint density at radius 3 is 2.89 bits per heavy atom. The lowest BCUT2D eigenvalue weighted by Gasteiger charge is -2.42. The van der Waals surface area contributed by atoms with Crippen LogP contribution in [0.3, 0.4) is 0 Å². The van der Waals surface area contributed by atoms with Crippen LogP contribution in [-0.4, -0.2) is 42.8 Å². The summed E-state index contributed by atoms with van der Waals surface area (Å²) in [5.41, 5.74) is 0.809. The Morgan fingerprint density at radius 1 is 1.37 bits per heavy atom. The molecule has 19 heavy (non-hydrogen) atoms. The highest BCUT2D eigenvalue weighted by molar-refractivity contribution is 6.30. The summed E-state index contributed by atoms with van der Waals surface area (Å²) < 4.78 is 0. The van der Waals surface area contributed by atoms with E-state index in [0.29, 0.717) is 0 Å². The Hall–Kier alpha value is -0.610. The summed E-state index contributed by atoms with van der Waals surface area (Å²) >= 11 is 6.12. The maximum atomic E-state index is 10.1. The Bertz CT molecular complexity index is 399. The van der Waals surface area contributed by atoms with Crippen molar-refractivity contribution in [1.82, 2.24) is 10.2 Å². The first-order valence-corrected chi connectivity index (χ1v) is 7.43. The van der Waals surface area contributed by atoms with Crippen LogP contribution in [0.25, 0.3) is 0 Å². The number of nitrogens with zero attached hydrogens (tertiary/aromatic N) is 1. The van der Waals surface area contributed by atoms with Crippen LogP contribution in [-0.2, 0) is 5.54 Å². The van der Waals surface area contributed by atoms with Gasteiger partial charge in [-0.3, -0.25) is 4.90 Å². The van der Waals surface area contributed by atoms with Crippen LogP contribution in [0.2, 0.25) is 5.02 Å². The van der Waals surface area contributed by atoms with E-state index in [-0.39, 0.29) is 12.1 Å². The van der Waals surface area contributed by atoms with Crippen molar-refractivity contribution < 1.29 is 5.11 Å². The Labute approximate surface area is 120 Å². The van der Waals surface area contributed by atoms with Gasteiger partial charge in [-0.05, 0) is 37.1 Å². The second kappa shape index (κ2) is 6.71. The summed E-state index contributed by atoms with van der Waals surface area (Å²) in [6.07, 6.45) is 1.99. The standard InChI is InChI=1S/C15H23ClN2O/c1-2-15(12-19,13-5-3-6-14(16)11-13)18-9-4-7-17-8-10-18/h3,5-6,11,17,19H,2,4,7-10,12H2,1H3. The third-order valence-electron chi connectivity index (χ3n) is 4.15. The van der Waals surface area contributed by atoms with Gasteiger partial charge < -0.3 is 10.4 Å². The van der Waals surface area contributed by atoms with Crippen LogP contribution in [0, 0.1) is 0 Å². The normalized spacial score (nSPS) is 20.8. The molecule has 1 heterocycles. The third kappa shape index (κ3) is 3.11. The van der Waals surface area contributed by atoms with Crippen molar-refractivity contribution in [3.8, 4) is 0 Å². The maximum Gasteiger partial charge on any atom is 0.0692 e. The first-order valence-electron chi connectivity index (χ1n) is 7.05. The largest absolute Gasteiger partial charge is 0.394 e. The number of rotatable bonds is 4. The maximum absolute atomic E-state index is 10.1. The van der Waals surface area contributed by atoms with E-state index in [2.05, 4.69) is 23.2 Å². The number of halogens is 1. The van der Waals surface area contributed by atoms with Crippen LogP contribution >= 0.6 is 11.6 Å². The van der Waals surface area contributed by atoms with Gasteiger partial charge in [0.25, 0.3) is 0 Å². The molecule has 1 aliphatic rings. The number of aliphatic hydroxyl groups excluding tert-OH is 1. The summed E-state index contributed by atoms with van der Waals surface area (Å²) in [7, 11) is 0. The first kappa shape index (κ1) is 14.8. The molecule has 1 atom stereocenters. The minimum absolute atomic E-state index is 0.129. The van der Waals surface area contributed by atoms with Crippen molar-refractivity contribution in [3.05, 3.63) is 34.9 Å². The van der Waals surface area contributed by atoms with Gasteiger partial charge in [0, 0.05) is 24.7 Å². The SMILES string of the molecule is CCC(CO)(c1cccc(Cl)c1)N1CCCNCC1. The van der Waals surface area contributed by atoms with E-state index < -0.39 is 0 Å². The fraction of sp³-hybridized carbons (Fsp3) is 0.600. The molecule has 1 unspecified atom stereocenters. The van der Waals surface area contributed by atoms with Crippen molar-refractivity contribution >= 4 is 11.6 Å². The molecule has 1 aromatic carbocycles. The monoisotopic (exact) mass is 282 g/mol. The summed E-state index contributed by atoms with van der Waals surface area (Å²) in [5, 5.41) is 14.2. The fourth-order valence-electron chi connectivity index (χ4n) is 2.97. The zero-order valence-corrected chi connectivity index (χ0v) is 12.3. The van der Waals surface area contributed by atoms with Crippen LogP contribution in [0.4, 0.5) is 0 Å². The predicted octanol–water partition coefficient (Wildman–Crippen LogP) is 2.23. The van der Waals surface area contributed by atoms with Crippen LogP contribution in [0.1, 0.15) is 25.3 Å². The van der Waals surface area contributed by atoms with Crippen molar-refractivity contribution in [2.45, 2.75) is 25.3 Å². The van der Waals surface area contributed by atoms with Crippen molar-refractivity contribution in [3.63, 3.8) is 0 Å². The molecule has 0 saturated carbocycles. The average Bonchev–Trinajstić information content (AvgIpc) is 2.71. The molecule has 0 aromatic heterocycles. The lowest BCUT2D eigenvalue weighted by atomic mass is 9.85. The average molecular weight is 283 g/mol. The van der Waals surface area contributed by atoms with Crippen molar-refractivity contribution in [1.29, 1.82) is 0 Å². The highest BCUT2D eigenvalue weighted by Crippen LogP contribution is 2.33. The second-order valence-corrected chi connectivity index (χ2v) is 5.58. The van der Waals surface area contributed by atoms with Gasteiger partial charge >= 0.3 is 0 Å². The van der Waals surface area contributed by atoms with E-state index in [4.69, 9.17) is 11.6 Å². The highest BCUT2D eigenvalue weighted by atomic mass is 35.5. The molecule has 1 fully saturated rings. The Morgan fingerprint density at radius 2 is 2.21 bits per heavy atom. The van der Waals surface area contributed by atoms with Crippen LogP contribution in [0.5, 0.6) is 0 Å². The zero-order valence-electron chi connectivity index (χ0n) is 11.5. The second-order valence-electron chi connectivity index (χ2n) is 5.14. The van der Waals surface area contributed by atoms with E-state index in [0.717, 1.165) is 49.6 Å². The van der Waals surface area contributed by atoms with Gasteiger partial charge in [-0.2, -0.15) is 0 Å². The van der Waals surface area contributed by atoms with E-state index in [1.165, 1.54) is 0 Å². The fourth-order valence-corrected chi connectivity index (χ4v) is 3.16. The topological polar surface area (TPSA) is 35.5 Å². The smallest absolute Gasteiger partial charge is 0.0692 e. The van der Waals surface area contributed by atoms with Crippen molar-refractivity contribution in [2.24, 2.45) is 0 Å². The molecule has 0 radical (unpaired) electrons. The third-order valence-corrected chi connectivity index (χ3v) is 4.39.